The zero-order chi connectivity index (χ0) is 15.3. The lowest BCUT2D eigenvalue weighted by Crippen LogP contribution is -2.35. The summed E-state index contributed by atoms with van der Waals surface area (Å²) in [5.41, 5.74) is 4.99. The Morgan fingerprint density at radius 1 is 1.55 bits per heavy atom. The van der Waals surface area contributed by atoms with E-state index in [0.717, 1.165) is 6.07 Å². The Kier molecular flexibility index (Phi) is 5.83. The average molecular weight is 325 g/mol. The largest absolute Gasteiger partial charge is 0.385 e. The highest BCUT2D eigenvalue weighted by atomic mass is 32.2. The van der Waals surface area contributed by atoms with Gasteiger partial charge in [0.15, 0.2) is 5.00 Å². The van der Waals surface area contributed by atoms with E-state index in [2.05, 4.69) is 4.72 Å². The van der Waals surface area contributed by atoms with E-state index in [0.29, 0.717) is 11.3 Å². The average Bonchev–Trinajstić information content (AvgIpc) is 2.77. The van der Waals surface area contributed by atoms with Gasteiger partial charge in [0.2, 0.25) is 10.0 Å². The number of nitrogens with one attached hydrogen (secondary N) is 1. The lowest BCUT2D eigenvalue weighted by Gasteiger charge is -2.14. The van der Waals surface area contributed by atoms with Gasteiger partial charge in [0.1, 0.15) is 4.21 Å². The molecule has 11 heteroatoms. The monoisotopic (exact) mass is 325 g/mol. The summed E-state index contributed by atoms with van der Waals surface area (Å²) in [5, 5.41) is 10.5. The van der Waals surface area contributed by atoms with Crippen molar-refractivity contribution in [3.8, 4) is 0 Å². The minimum Gasteiger partial charge on any atom is -0.385 e. The van der Waals surface area contributed by atoms with Crippen molar-refractivity contribution in [1.82, 2.24) is 4.72 Å². The zero-order valence-corrected chi connectivity index (χ0v) is 12.5. The van der Waals surface area contributed by atoms with E-state index in [1.165, 1.54) is 14.2 Å². The van der Waals surface area contributed by atoms with Crippen LogP contribution in [0.4, 0.5) is 10.7 Å². The Bertz CT molecular complexity index is 570. The summed E-state index contributed by atoms with van der Waals surface area (Å²) in [6.07, 6.45) is -0.456. The molecule has 114 valence electrons. The number of thiophene rings is 1. The summed E-state index contributed by atoms with van der Waals surface area (Å²) < 4.78 is 35.9. The van der Waals surface area contributed by atoms with Gasteiger partial charge in [-0.15, -0.1) is 0 Å². The molecule has 1 unspecified atom stereocenters. The van der Waals surface area contributed by atoms with Crippen LogP contribution in [0.2, 0.25) is 0 Å². The molecular weight excluding hydrogens is 310 g/mol. The van der Waals surface area contributed by atoms with Gasteiger partial charge in [-0.05, 0) is 0 Å². The van der Waals surface area contributed by atoms with Crippen LogP contribution in [-0.2, 0) is 19.5 Å². The molecule has 1 atom stereocenters. The SMILES string of the molecule is COCC(CNS(=O)(=O)c1cc([N+](=O)[O-])c(N)s1)OC. The van der Waals surface area contributed by atoms with Crippen molar-refractivity contribution >= 4 is 32.0 Å². The molecule has 0 spiro atoms. The molecule has 20 heavy (non-hydrogen) atoms. The molecule has 0 saturated carbocycles. The summed E-state index contributed by atoms with van der Waals surface area (Å²) >= 11 is 0.636. The maximum absolute atomic E-state index is 12.0. The summed E-state index contributed by atoms with van der Waals surface area (Å²) in [7, 11) is -0.986. The number of sulfonamides is 1. The fraction of sp³-hybridized carbons (Fsp3) is 0.556. The number of anilines is 1. The van der Waals surface area contributed by atoms with Gasteiger partial charge in [-0.1, -0.05) is 11.3 Å². The number of hydrogen-bond acceptors (Lipinski definition) is 8. The Morgan fingerprint density at radius 3 is 2.65 bits per heavy atom. The van der Waals surface area contributed by atoms with Crippen LogP contribution in [-0.4, -0.2) is 46.8 Å². The Balaban J connectivity index is 2.83. The number of nitrogens with zero attached hydrogens (tertiary/aromatic N) is 1. The molecule has 0 bridgehead atoms. The second kappa shape index (κ2) is 6.95. The maximum atomic E-state index is 12.0. The van der Waals surface area contributed by atoms with E-state index < -0.39 is 26.7 Å². The van der Waals surface area contributed by atoms with Crippen molar-refractivity contribution in [2.45, 2.75) is 10.3 Å². The summed E-state index contributed by atoms with van der Waals surface area (Å²) in [4.78, 5) is 9.91. The maximum Gasteiger partial charge on any atom is 0.304 e. The molecule has 1 aromatic rings. The predicted octanol–water partition coefficient (Wildman–Crippen LogP) is 0.178. The Hall–Kier alpha value is -1.27. The first-order valence-electron chi connectivity index (χ1n) is 5.37. The minimum atomic E-state index is -3.87. The molecule has 9 nitrogen and oxygen atoms in total. The molecule has 0 fully saturated rings. The second-order valence-electron chi connectivity index (χ2n) is 3.74. The van der Waals surface area contributed by atoms with Gasteiger partial charge in [-0.25, -0.2) is 13.1 Å². The van der Waals surface area contributed by atoms with E-state index >= 15 is 0 Å². The first kappa shape index (κ1) is 16.8. The standard InChI is InChI=1S/C9H15N3O6S2/c1-17-5-6(18-2)4-11-20(15,16)8-3-7(12(13)14)9(10)19-8/h3,6,11H,4-5,10H2,1-2H3. The molecule has 0 saturated heterocycles. The minimum absolute atomic E-state index is 0.0156. The number of nitrogen functional groups attached to an aromatic ring is 1. The fourth-order valence-corrected chi connectivity index (χ4v) is 3.64. The van der Waals surface area contributed by atoms with Gasteiger partial charge in [-0.3, -0.25) is 10.1 Å². The topological polar surface area (TPSA) is 134 Å². The lowest BCUT2D eigenvalue weighted by molar-refractivity contribution is -0.383. The third-order valence-electron chi connectivity index (χ3n) is 2.37. The van der Waals surface area contributed by atoms with Crippen molar-refractivity contribution in [1.29, 1.82) is 0 Å². The van der Waals surface area contributed by atoms with Crippen LogP contribution in [0.3, 0.4) is 0 Å². The third kappa shape index (κ3) is 4.11. The number of rotatable bonds is 8. The normalized spacial score (nSPS) is 13.3. The van der Waals surface area contributed by atoms with E-state index in [1.54, 1.807) is 0 Å². The van der Waals surface area contributed by atoms with Gasteiger partial charge in [-0.2, -0.15) is 0 Å². The van der Waals surface area contributed by atoms with Crippen LogP contribution < -0.4 is 10.5 Å². The number of nitrogens with two attached hydrogens (primary N) is 1. The number of nitro groups is 1. The molecular formula is C9H15N3O6S2. The number of methoxy groups -OCH3 is 2. The first-order chi connectivity index (χ1) is 9.31. The molecule has 0 aromatic carbocycles. The van der Waals surface area contributed by atoms with Gasteiger partial charge in [0, 0.05) is 26.8 Å². The highest BCUT2D eigenvalue weighted by molar-refractivity contribution is 7.91. The molecule has 3 N–H and O–H groups in total. The van der Waals surface area contributed by atoms with Crippen LogP contribution >= 0.6 is 11.3 Å². The highest BCUT2D eigenvalue weighted by Gasteiger charge is 2.25. The van der Waals surface area contributed by atoms with E-state index in [4.69, 9.17) is 15.2 Å². The molecule has 1 aromatic heterocycles. The molecule has 0 aliphatic carbocycles. The molecule has 1 rings (SSSR count). The molecule has 0 radical (unpaired) electrons. The van der Waals surface area contributed by atoms with Gasteiger partial charge in [0.05, 0.1) is 17.6 Å². The summed E-state index contributed by atoms with van der Waals surface area (Å²) in [6.45, 7) is 0.198. The summed E-state index contributed by atoms with van der Waals surface area (Å²) in [6, 6.07) is 0.931. The molecule has 1 heterocycles. The zero-order valence-electron chi connectivity index (χ0n) is 10.9. The quantitative estimate of drug-likeness (QED) is 0.514. The van der Waals surface area contributed by atoms with Crippen molar-refractivity contribution in [2.24, 2.45) is 0 Å². The van der Waals surface area contributed by atoms with E-state index in [-0.39, 0.29) is 22.4 Å². The van der Waals surface area contributed by atoms with Crippen molar-refractivity contribution < 1.29 is 22.8 Å². The second-order valence-corrected chi connectivity index (χ2v) is 6.81. The van der Waals surface area contributed by atoms with Gasteiger partial charge < -0.3 is 15.2 Å². The van der Waals surface area contributed by atoms with Crippen molar-refractivity contribution in [3.05, 3.63) is 16.2 Å². The molecule has 0 aliphatic heterocycles. The van der Waals surface area contributed by atoms with Crippen molar-refractivity contribution in [2.75, 3.05) is 33.1 Å². The smallest absolute Gasteiger partial charge is 0.304 e. The van der Waals surface area contributed by atoms with Crippen LogP contribution in [0.25, 0.3) is 0 Å². The van der Waals surface area contributed by atoms with Gasteiger partial charge >= 0.3 is 5.69 Å². The Labute approximate surface area is 119 Å². The first-order valence-corrected chi connectivity index (χ1v) is 7.67. The van der Waals surface area contributed by atoms with Crippen molar-refractivity contribution in [3.63, 3.8) is 0 Å². The fourth-order valence-electron chi connectivity index (χ4n) is 1.32. The number of hydrogen-bond donors (Lipinski definition) is 2. The van der Waals surface area contributed by atoms with E-state index in [1.807, 2.05) is 0 Å². The van der Waals surface area contributed by atoms with Gasteiger partial charge in [0.25, 0.3) is 0 Å². The third-order valence-corrected chi connectivity index (χ3v) is 5.22. The van der Waals surface area contributed by atoms with Crippen LogP contribution in [0.15, 0.2) is 10.3 Å². The molecule has 0 aliphatic rings. The van der Waals surface area contributed by atoms with Crippen LogP contribution in [0.5, 0.6) is 0 Å². The highest BCUT2D eigenvalue weighted by Crippen LogP contribution is 2.34. The predicted molar refractivity (Wildman–Crippen MR) is 73.2 cm³/mol. The van der Waals surface area contributed by atoms with E-state index in [9.17, 15) is 18.5 Å². The van der Waals surface area contributed by atoms with Crippen LogP contribution in [0.1, 0.15) is 0 Å². The van der Waals surface area contributed by atoms with Crippen LogP contribution in [0, 0.1) is 10.1 Å². The Morgan fingerprint density at radius 2 is 2.20 bits per heavy atom. The number of ether oxygens (including phenoxy) is 2. The lowest BCUT2D eigenvalue weighted by atomic mass is 10.4. The molecule has 0 amide bonds. The summed E-state index contributed by atoms with van der Waals surface area (Å²) in [5.74, 6) is 0.